The predicted molar refractivity (Wildman–Crippen MR) is 102 cm³/mol. The van der Waals surface area contributed by atoms with Gasteiger partial charge in [-0.3, -0.25) is 9.69 Å². The summed E-state index contributed by atoms with van der Waals surface area (Å²) < 4.78 is 13.3. The summed E-state index contributed by atoms with van der Waals surface area (Å²) in [6.45, 7) is 1.61. The van der Waals surface area contributed by atoms with E-state index in [9.17, 15) is 14.3 Å². The average molecular weight is 363 g/mol. The number of carboxylic acids is 1. The van der Waals surface area contributed by atoms with E-state index in [4.69, 9.17) is 0 Å². The summed E-state index contributed by atoms with van der Waals surface area (Å²) in [6.07, 6.45) is 3.74. The van der Waals surface area contributed by atoms with Gasteiger partial charge in [0.1, 0.15) is 5.82 Å². The van der Waals surface area contributed by atoms with Crippen molar-refractivity contribution in [2.45, 2.75) is 31.7 Å². The number of hydrogen-bond acceptors (Lipinski definition) is 2. The minimum absolute atomic E-state index is 0.251. The van der Waals surface area contributed by atoms with Crippen molar-refractivity contribution < 1.29 is 14.3 Å². The van der Waals surface area contributed by atoms with Crippen molar-refractivity contribution >= 4 is 5.97 Å². The molecule has 0 bridgehead atoms. The molecule has 2 aliphatic rings. The predicted octanol–water partition coefficient (Wildman–Crippen LogP) is 4.01. The fraction of sp³-hybridized carbons (Fsp3) is 0.348. The zero-order valence-corrected chi connectivity index (χ0v) is 15.1. The van der Waals surface area contributed by atoms with E-state index in [1.54, 1.807) is 12.1 Å². The normalized spacial score (nSPS) is 22.0. The molecule has 2 atom stereocenters. The van der Waals surface area contributed by atoms with E-state index in [1.165, 1.54) is 23.3 Å². The summed E-state index contributed by atoms with van der Waals surface area (Å²) in [4.78, 5) is 13.7. The molecule has 138 valence electrons. The summed E-state index contributed by atoms with van der Waals surface area (Å²) >= 11 is 0. The number of hydrogen-bond donors (Lipinski definition) is 1. The van der Waals surface area contributed by atoms with Gasteiger partial charge in [0.25, 0.3) is 0 Å². The van der Waals surface area contributed by atoms with E-state index < -0.39 is 5.97 Å². The van der Waals surface area contributed by atoms with Crippen LogP contribution < -0.4 is 0 Å². The lowest BCUT2D eigenvalue weighted by molar-refractivity contribution is -0.144. The Morgan fingerprint density at radius 3 is 2.70 bits per heavy atom. The van der Waals surface area contributed by atoms with Crippen LogP contribution in [-0.4, -0.2) is 29.1 Å². The Morgan fingerprint density at radius 2 is 1.93 bits per heavy atom. The maximum atomic E-state index is 13.3. The van der Waals surface area contributed by atoms with Crippen molar-refractivity contribution in [1.29, 1.82) is 0 Å². The Balaban J connectivity index is 1.52. The molecule has 0 amide bonds. The highest BCUT2D eigenvalue weighted by atomic mass is 19.1. The van der Waals surface area contributed by atoms with Crippen LogP contribution in [0.3, 0.4) is 0 Å². The number of piperidine rings is 1. The van der Waals surface area contributed by atoms with Crippen LogP contribution in [0.15, 0.2) is 42.5 Å². The molecule has 2 aromatic carbocycles. The second kappa shape index (κ2) is 7.54. The number of halogens is 1. The smallest absolute Gasteiger partial charge is 0.307 e. The van der Waals surface area contributed by atoms with Crippen LogP contribution >= 0.6 is 0 Å². The lowest BCUT2D eigenvalue weighted by Gasteiger charge is -2.35. The molecule has 1 N–H and O–H groups in total. The highest BCUT2D eigenvalue weighted by Gasteiger charge is 2.33. The average Bonchev–Trinajstić information content (AvgIpc) is 3.10. The summed E-state index contributed by atoms with van der Waals surface area (Å²) in [7, 11) is 0. The van der Waals surface area contributed by atoms with Gasteiger partial charge >= 0.3 is 5.97 Å². The molecule has 1 saturated heterocycles. The standard InChI is InChI=1S/C23H22FNO2/c24-20-5-1-3-16(14-20)6-7-17-8-10-21-18(13-17)9-11-22(21)25-12-2-4-19(15-25)23(26)27/h1,3,5,8,10,13-14,19,22H,2,4,9,11-12,15H2,(H,26,27)/t19-,22?/m1/s1. The number of likely N-dealkylation sites (tertiary alicyclic amines) is 1. The first-order valence-electron chi connectivity index (χ1n) is 9.47. The van der Waals surface area contributed by atoms with E-state index in [0.29, 0.717) is 18.2 Å². The second-order valence-corrected chi connectivity index (χ2v) is 7.40. The zero-order valence-electron chi connectivity index (χ0n) is 15.1. The van der Waals surface area contributed by atoms with Gasteiger partial charge in [0.05, 0.1) is 5.92 Å². The Kier molecular flexibility index (Phi) is 4.96. The Morgan fingerprint density at radius 1 is 1.11 bits per heavy atom. The van der Waals surface area contributed by atoms with Gasteiger partial charge in [0, 0.05) is 23.7 Å². The lowest BCUT2D eigenvalue weighted by Crippen LogP contribution is -2.40. The summed E-state index contributed by atoms with van der Waals surface area (Å²) in [5.41, 5.74) is 4.20. The van der Waals surface area contributed by atoms with Gasteiger partial charge in [-0.1, -0.05) is 24.0 Å². The minimum Gasteiger partial charge on any atom is -0.481 e. The third-order valence-corrected chi connectivity index (χ3v) is 5.61. The van der Waals surface area contributed by atoms with Gasteiger partial charge < -0.3 is 5.11 Å². The number of benzene rings is 2. The maximum Gasteiger partial charge on any atom is 0.307 e. The van der Waals surface area contributed by atoms with Crippen LogP contribution in [0, 0.1) is 23.6 Å². The number of rotatable bonds is 2. The Hall–Kier alpha value is -2.64. The molecule has 0 aromatic heterocycles. The second-order valence-electron chi connectivity index (χ2n) is 7.40. The molecule has 2 aromatic rings. The van der Waals surface area contributed by atoms with Crippen molar-refractivity contribution in [3.05, 3.63) is 70.5 Å². The molecule has 1 heterocycles. The fourth-order valence-corrected chi connectivity index (χ4v) is 4.25. The van der Waals surface area contributed by atoms with Crippen molar-refractivity contribution in [1.82, 2.24) is 4.90 Å². The van der Waals surface area contributed by atoms with Crippen LogP contribution in [0.5, 0.6) is 0 Å². The molecule has 1 aliphatic heterocycles. The number of carbonyl (C=O) groups is 1. The van der Waals surface area contributed by atoms with Crippen molar-refractivity contribution in [2.75, 3.05) is 13.1 Å². The van der Waals surface area contributed by atoms with Gasteiger partial charge in [-0.25, -0.2) is 4.39 Å². The van der Waals surface area contributed by atoms with E-state index in [0.717, 1.165) is 37.8 Å². The zero-order chi connectivity index (χ0) is 18.8. The summed E-state index contributed by atoms with van der Waals surface area (Å²) in [5, 5.41) is 9.34. The monoisotopic (exact) mass is 363 g/mol. The highest BCUT2D eigenvalue weighted by Crippen LogP contribution is 2.38. The van der Waals surface area contributed by atoms with Crippen LogP contribution in [0.2, 0.25) is 0 Å². The first kappa shape index (κ1) is 17.8. The quantitative estimate of drug-likeness (QED) is 0.820. The molecule has 4 heteroatoms. The molecule has 0 radical (unpaired) electrons. The Labute approximate surface area is 158 Å². The summed E-state index contributed by atoms with van der Waals surface area (Å²) in [6, 6.07) is 12.9. The molecule has 1 aliphatic carbocycles. The molecule has 1 unspecified atom stereocenters. The third-order valence-electron chi connectivity index (χ3n) is 5.61. The van der Waals surface area contributed by atoms with E-state index in [2.05, 4.69) is 28.9 Å². The molecule has 3 nitrogen and oxygen atoms in total. The largest absolute Gasteiger partial charge is 0.481 e. The number of aryl methyl sites for hydroxylation is 1. The molecule has 0 saturated carbocycles. The first-order chi connectivity index (χ1) is 13.1. The molecular formula is C23H22FNO2. The number of nitrogens with zero attached hydrogens (tertiary/aromatic N) is 1. The number of fused-ring (bicyclic) bond motifs is 1. The SMILES string of the molecule is O=C(O)[C@@H]1CCCN(C2CCc3cc(C#Cc4cccc(F)c4)ccc32)C1. The van der Waals surface area contributed by atoms with Gasteiger partial charge in [-0.2, -0.15) is 0 Å². The lowest BCUT2D eigenvalue weighted by atomic mass is 9.95. The summed E-state index contributed by atoms with van der Waals surface area (Å²) in [5.74, 6) is 4.94. The topological polar surface area (TPSA) is 40.5 Å². The molecule has 0 spiro atoms. The van der Waals surface area contributed by atoms with Crippen LogP contribution in [0.4, 0.5) is 4.39 Å². The van der Waals surface area contributed by atoms with E-state index >= 15 is 0 Å². The fourth-order valence-electron chi connectivity index (χ4n) is 4.25. The molecular weight excluding hydrogens is 341 g/mol. The number of aliphatic carboxylic acids is 1. The van der Waals surface area contributed by atoms with Gasteiger partial charge in [-0.05, 0) is 73.7 Å². The van der Waals surface area contributed by atoms with Crippen LogP contribution in [0.25, 0.3) is 0 Å². The van der Waals surface area contributed by atoms with Crippen LogP contribution in [0.1, 0.15) is 47.6 Å². The van der Waals surface area contributed by atoms with Crippen molar-refractivity contribution in [2.24, 2.45) is 5.92 Å². The number of carboxylic acid groups (broad SMARTS) is 1. The minimum atomic E-state index is -0.680. The van der Waals surface area contributed by atoms with Gasteiger partial charge in [-0.15, -0.1) is 0 Å². The van der Waals surface area contributed by atoms with Crippen LogP contribution in [-0.2, 0) is 11.2 Å². The van der Waals surface area contributed by atoms with Crippen molar-refractivity contribution in [3.63, 3.8) is 0 Å². The maximum absolute atomic E-state index is 13.3. The Bertz CT molecular complexity index is 927. The third kappa shape index (κ3) is 3.89. The van der Waals surface area contributed by atoms with E-state index in [1.807, 2.05) is 6.07 Å². The molecule has 1 fully saturated rings. The molecule has 4 rings (SSSR count). The molecule has 27 heavy (non-hydrogen) atoms. The van der Waals surface area contributed by atoms with Gasteiger partial charge in [0.15, 0.2) is 0 Å². The first-order valence-corrected chi connectivity index (χ1v) is 9.47. The van der Waals surface area contributed by atoms with Gasteiger partial charge in [0.2, 0.25) is 0 Å². The van der Waals surface area contributed by atoms with E-state index in [-0.39, 0.29) is 11.7 Å². The highest BCUT2D eigenvalue weighted by molar-refractivity contribution is 5.70. The van der Waals surface area contributed by atoms with Crippen molar-refractivity contribution in [3.8, 4) is 11.8 Å².